The van der Waals surface area contributed by atoms with Crippen LogP contribution in [0.15, 0.2) is 0 Å². The molecule has 3 nitrogen and oxygen atoms in total. The summed E-state index contributed by atoms with van der Waals surface area (Å²) in [6, 6.07) is 0.654. The summed E-state index contributed by atoms with van der Waals surface area (Å²) in [5.41, 5.74) is 0.141. The molecule has 1 unspecified atom stereocenters. The lowest BCUT2D eigenvalue weighted by atomic mass is 9.92. The lowest BCUT2D eigenvalue weighted by molar-refractivity contribution is -0.0518. The first-order valence-corrected chi connectivity index (χ1v) is 5.31. The summed E-state index contributed by atoms with van der Waals surface area (Å²) in [4.78, 5) is 2.52. The first-order chi connectivity index (χ1) is 6.22. The second-order valence-corrected chi connectivity index (χ2v) is 4.57. The van der Waals surface area contributed by atoms with Crippen LogP contribution in [-0.4, -0.2) is 42.9 Å². The standard InChI is InChI=1S/C10H20N2O/c1-9(2)12-5-3-4-10(7-12)6-11-8-13-10/h9,11H,3-8H2,1-2H3. The molecule has 0 bridgehead atoms. The Balaban J connectivity index is 1.98. The molecule has 0 aromatic heterocycles. The van der Waals surface area contributed by atoms with E-state index in [-0.39, 0.29) is 5.60 Å². The molecule has 2 aliphatic rings. The summed E-state index contributed by atoms with van der Waals surface area (Å²) in [6.07, 6.45) is 2.50. The van der Waals surface area contributed by atoms with Gasteiger partial charge in [-0.3, -0.25) is 10.2 Å². The third-order valence-electron chi connectivity index (χ3n) is 3.23. The average Bonchev–Trinajstić information content (AvgIpc) is 2.53. The van der Waals surface area contributed by atoms with Crippen LogP contribution in [0.1, 0.15) is 26.7 Å². The highest BCUT2D eigenvalue weighted by Crippen LogP contribution is 2.27. The molecule has 0 amide bonds. The Bertz CT molecular complexity index is 176. The molecular formula is C10H20N2O. The molecule has 2 fully saturated rings. The summed E-state index contributed by atoms with van der Waals surface area (Å²) in [5.74, 6) is 0. The van der Waals surface area contributed by atoms with Gasteiger partial charge in [-0.1, -0.05) is 0 Å². The van der Waals surface area contributed by atoms with Crippen molar-refractivity contribution in [1.82, 2.24) is 10.2 Å². The van der Waals surface area contributed by atoms with E-state index >= 15 is 0 Å². The van der Waals surface area contributed by atoms with Crippen LogP contribution >= 0.6 is 0 Å². The van der Waals surface area contributed by atoms with Crippen LogP contribution in [0.5, 0.6) is 0 Å². The molecule has 2 heterocycles. The van der Waals surface area contributed by atoms with Gasteiger partial charge in [0.15, 0.2) is 0 Å². The number of rotatable bonds is 1. The van der Waals surface area contributed by atoms with E-state index in [4.69, 9.17) is 4.74 Å². The van der Waals surface area contributed by atoms with Crippen molar-refractivity contribution in [3.63, 3.8) is 0 Å². The summed E-state index contributed by atoms with van der Waals surface area (Å²) in [5, 5.41) is 3.29. The van der Waals surface area contributed by atoms with E-state index in [9.17, 15) is 0 Å². The topological polar surface area (TPSA) is 24.5 Å². The number of ether oxygens (including phenoxy) is 1. The van der Waals surface area contributed by atoms with Gasteiger partial charge >= 0.3 is 0 Å². The van der Waals surface area contributed by atoms with Crippen molar-refractivity contribution in [2.45, 2.75) is 38.3 Å². The second-order valence-electron chi connectivity index (χ2n) is 4.57. The fourth-order valence-corrected chi connectivity index (χ4v) is 2.37. The van der Waals surface area contributed by atoms with E-state index in [0.717, 1.165) is 19.8 Å². The minimum Gasteiger partial charge on any atom is -0.357 e. The van der Waals surface area contributed by atoms with Gasteiger partial charge in [0, 0.05) is 19.1 Å². The molecule has 1 N–H and O–H groups in total. The monoisotopic (exact) mass is 184 g/mol. The third kappa shape index (κ3) is 1.87. The molecule has 13 heavy (non-hydrogen) atoms. The van der Waals surface area contributed by atoms with Crippen LogP contribution in [0.3, 0.4) is 0 Å². The summed E-state index contributed by atoms with van der Waals surface area (Å²) >= 11 is 0. The molecule has 1 spiro atoms. The SMILES string of the molecule is CC(C)N1CCCC2(CNCO2)C1. The number of hydrogen-bond donors (Lipinski definition) is 1. The maximum absolute atomic E-state index is 5.81. The van der Waals surface area contributed by atoms with Crippen molar-refractivity contribution in [1.29, 1.82) is 0 Å². The van der Waals surface area contributed by atoms with Crippen LogP contribution < -0.4 is 5.32 Å². The summed E-state index contributed by atoms with van der Waals surface area (Å²) < 4.78 is 5.81. The van der Waals surface area contributed by atoms with E-state index in [1.165, 1.54) is 19.4 Å². The van der Waals surface area contributed by atoms with Gasteiger partial charge in [-0.2, -0.15) is 0 Å². The Kier molecular flexibility index (Phi) is 2.58. The molecule has 0 radical (unpaired) electrons. The molecule has 0 aromatic rings. The Morgan fingerprint density at radius 3 is 2.92 bits per heavy atom. The molecule has 0 aliphatic carbocycles. The number of nitrogens with zero attached hydrogens (tertiary/aromatic N) is 1. The van der Waals surface area contributed by atoms with Crippen molar-refractivity contribution in [2.24, 2.45) is 0 Å². The van der Waals surface area contributed by atoms with Gasteiger partial charge in [-0.05, 0) is 33.2 Å². The van der Waals surface area contributed by atoms with Gasteiger partial charge in [0.2, 0.25) is 0 Å². The van der Waals surface area contributed by atoms with Crippen molar-refractivity contribution in [3.8, 4) is 0 Å². The second kappa shape index (κ2) is 3.56. The zero-order valence-electron chi connectivity index (χ0n) is 8.68. The average molecular weight is 184 g/mol. The zero-order chi connectivity index (χ0) is 9.31. The molecule has 0 aromatic carbocycles. The van der Waals surface area contributed by atoms with Crippen molar-refractivity contribution in [3.05, 3.63) is 0 Å². The highest BCUT2D eigenvalue weighted by atomic mass is 16.5. The first-order valence-electron chi connectivity index (χ1n) is 5.31. The predicted molar refractivity (Wildman–Crippen MR) is 52.6 cm³/mol. The van der Waals surface area contributed by atoms with Gasteiger partial charge < -0.3 is 4.74 Å². The smallest absolute Gasteiger partial charge is 0.0975 e. The summed E-state index contributed by atoms with van der Waals surface area (Å²) in [7, 11) is 0. The van der Waals surface area contributed by atoms with E-state index in [2.05, 4.69) is 24.1 Å². The maximum Gasteiger partial charge on any atom is 0.0975 e. The Morgan fingerprint density at radius 2 is 2.31 bits per heavy atom. The van der Waals surface area contributed by atoms with Crippen LogP contribution in [0, 0.1) is 0 Å². The van der Waals surface area contributed by atoms with Crippen LogP contribution in [0.25, 0.3) is 0 Å². The number of nitrogens with one attached hydrogen (secondary N) is 1. The Labute approximate surface area is 80.4 Å². The van der Waals surface area contributed by atoms with E-state index in [1.807, 2.05) is 0 Å². The van der Waals surface area contributed by atoms with Gasteiger partial charge in [0.25, 0.3) is 0 Å². The third-order valence-corrected chi connectivity index (χ3v) is 3.23. The minimum absolute atomic E-state index is 0.141. The molecule has 2 rings (SSSR count). The molecular weight excluding hydrogens is 164 g/mol. The molecule has 2 aliphatic heterocycles. The largest absolute Gasteiger partial charge is 0.357 e. The van der Waals surface area contributed by atoms with Crippen molar-refractivity contribution in [2.75, 3.05) is 26.4 Å². The van der Waals surface area contributed by atoms with Crippen LogP contribution in [-0.2, 0) is 4.74 Å². The maximum atomic E-state index is 5.81. The number of hydrogen-bond acceptors (Lipinski definition) is 3. The molecule has 2 saturated heterocycles. The van der Waals surface area contributed by atoms with Gasteiger partial charge in [-0.25, -0.2) is 0 Å². The first kappa shape index (κ1) is 9.44. The number of likely N-dealkylation sites (tertiary alicyclic amines) is 1. The summed E-state index contributed by atoms with van der Waals surface area (Å²) in [6.45, 7) is 8.66. The lowest BCUT2D eigenvalue weighted by Crippen LogP contribution is -2.52. The fraction of sp³-hybridized carbons (Fsp3) is 1.00. The van der Waals surface area contributed by atoms with Crippen molar-refractivity contribution < 1.29 is 4.74 Å². The highest BCUT2D eigenvalue weighted by Gasteiger charge is 2.39. The Morgan fingerprint density at radius 1 is 1.46 bits per heavy atom. The normalized spacial score (nSPS) is 36.2. The lowest BCUT2D eigenvalue weighted by Gasteiger charge is -2.41. The zero-order valence-corrected chi connectivity index (χ0v) is 8.68. The van der Waals surface area contributed by atoms with Gasteiger partial charge in [-0.15, -0.1) is 0 Å². The van der Waals surface area contributed by atoms with E-state index < -0.39 is 0 Å². The minimum atomic E-state index is 0.141. The van der Waals surface area contributed by atoms with Gasteiger partial charge in [0.05, 0.1) is 12.3 Å². The quantitative estimate of drug-likeness (QED) is 0.652. The van der Waals surface area contributed by atoms with E-state index in [0.29, 0.717) is 6.04 Å². The van der Waals surface area contributed by atoms with Crippen LogP contribution in [0.4, 0.5) is 0 Å². The van der Waals surface area contributed by atoms with Gasteiger partial charge in [0.1, 0.15) is 0 Å². The molecule has 0 saturated carbocycles. The molecule has 76 valence electrons. The Hall–Kier alpha value is -0.120. The van der Waals surface area contributed by atoms with Crippen molar-refractivity contribution >= 4 is 0 Å². The van der Waals surface area contributed by atoms with Crippen LogP contribution in [0.2, 0.25) is 0 Å². The highest BCUT2D eigenvalue weighted by molar-refractivity contribution is 4.93. The number of piperidine rings is 1. The van der Waals surface area contributed by atoms with E-state index in [1.54, 1.807) is 0 Å². The fourth-order valence-electron chi connectivity index (χ4n) is 2.37. The predicted octanol–water partition coefficient (Wildman–Crippen LogP) is 0.807. The molecule has 1 atom stereocenters. The molecule has 3 heteroatoms.